The predicted molar refractivity (Wildman–Crippen MR) is 74.6 cm³/mol. The summed E-state index contributed by atoms with van der Waals surface area (Å²) in [7, 11) is -2.68. The van der Waals surface area contributed by atoms with E-state index in [1.54, 1.807) is 6.07 Å². The summed E-state index contributed by atoms with van der Waals surface area (Å²) in [5, 5.41) is 0. The molecule has 0 saturated heterocycles. The van der Waals surface area contributed by atoms with E-state index in [1.165, 1.54) is 19.2 Å². The minimum absolute atomic E-state index is 0.0825. The van der Waals surface area contributed by atoms with Crippen LogP contribution in [0.25, 0.3) is 0 Å². The number of benzene rings is 2. The molecule has 8 heteroatoms. The number of hydrogen-bond donors (Lipinski definition) is 2. The van der Waals surface area contributed by atoms with Gasteiger partial charge >= 0.3 is 0 Å². The van der Waals surface area contributed by atoms with Gasteiger partial charge in [-0.05, 0) is 30.3 Å². The maximum Gasteiger partial charge on any atom is 0.262 e. The van der Waals surface area contributed by atoms with Gasteiger partial charge in [-0.2, -0.15) is 0 Å². The Hall–Kier alpha value is -2.35. The third-order valence-electron chi connectivity index (χ3n) is 2.71. The van der Waals surface area contributed by atoms with Crippen LogP contribution in [0, 0.1) is 11.6 Å². The number of halogens is 2. The van der Waals surface area contributed by atoms with Gasteiger partial charge in [0.25, 0.3) is 10.0 Å². The lowest BCUT2D eigenvalue weighted by Gasteiger charge is -2.11. The van der Waals surface area contributed by atoms with E-state index in [1.807, 2.05) is 0 Å². The van der Waals surface area contributed by atoms with E-state index in [-0.39, 0.29) is 11.4 Å². The molecule has 2 aromatic carbocycles. The second kappa shape index (κ2) is 5.57. The Morgan fingerprint density at radius 2 is 1.81 bits per heavy atom. The average Bonchev–Trinajstić information content (AvgIpc) is 2.44. The van der Waals surface area contributed by atoms with Gasteiger partial charge in [-0.3, -0.25) is 4.72 Å². The lowest BCUT2D eigenvalue weighted by molar-refractivity contribution is 0.415. The van der Waals surface area contributed by atoms with Crippen LogP contribution in [0.15, 0.2) is 41.3 Å². The number of rotatable bonds is 4. The smallest absolute Gasteiger partial charge is 0.262 e. The Morgan fingerprint density at radius 1 is 1.10 bits per heavy atom. The molecule has 2 rings (SSSR count). The summed E-state index contributed by atoms with van der Waals surface area (Å²) in [4.78, 5) is -0.413. The Morgan fingerprint density at radius 3 is 2.43 bits per heavy atom. The molecule has 0 aromatic heterocycles. The first-order valence-electron chi connectivity index (χ1n) is 5.75. The largest absolute Gasteiger partial charge is 0.497 e. The van der Waals surface area contributed by atoms with Gasteiger partial charge in [-0.25, -0.2) is 17.2 Å². The van der Waals surface area contributed by atoms with E-state index in [4.69, 9.17) is 10.5 Å². The first-order valence-corrected chi connectivity index (χ1v) is 7.23. The SMILES string of the molecule is COc1ccc(N)c(NS(=O)(=O)c2ccc(F)c(F)c2)c1. The number of nitrogens with two attached hydrogens (primary N) is 1. The molecule has 0 aliphatic heterocycles. The lowest BCUT2D eigenvalue weighted by Crippen LogP contribution is -2.14. The van der Waals surface area contributed by atoms with Crippen molar-refractivity contribution in [2.75, 3.05) is 17.6 Å². The molecular formula is C13H12F2N2O3S. The zero-order valence-corrected chi connectivity index (χ0v) is 11.7. The van der Waals surface area contributed by atoms with Crippen LogP contribution >= 0.6 is 0 Å². The van der Waals surface area contributed by atoms with Crippen LogP contribution < -0.4 is 15.2 Å². The monoisotopic (exact) mass is 314 g/mol. The zero-order chi connectivity index (χ0) is 15.6. The van der Waals surface area contributed by atoms with Gasteiger partial charge in [0.1, 0.15) is 5.75 Å². The van der Waals surface area contributed by atoms with E-state index in [9.17, 15) is 17.2 Å². The summed E-state index contributed by atoms with van der Waals surface area (Å²) < 4.78 is 57.4. The molecule has 3 N–H and O–H groups in total. The van der Waals surface area contributed by atoms with Crippen molar-refractivity contribution in [2.24, 2.45) is 0 Å². The van der Waals surface area contributed by atoms with Crippen LogP contribution in [0.4, 0.5) is 20.2 Å². The van der Waals surface area contributed by atoms with Gasteiger partial charge in [-0.15, -0.1) is 0 Å². The van der Waals surface area contributed by atoms with E-state index < -0.39 is 26.6 Å². The van der Waals surface area contributed by atoms with E-state index >= 15 is 0 Å². The van der Waals surface area contributed by atoms with E-state index in [2.05, 4.69) is 4.72 Å². The predicted octanol–water partition coefficient (Wildman–Crippen LogP) is 2.36. The van der Waals surface area contributed by atoms with Gasteiger partial charge in [0.2, 0.25) is 0 Å². The molecule has 0 amide bonds. The van der Waals surface area contributed by atoms with Crippen LogP contribution in [0.5, 0.6) is 5.75 Å². The molecule has 0 atom stereocenters. The van der Waals surface area contributed by atoms with Crippen molar-refractivity contribution < 1.29 is 21.9 Å². The summed E-state index contributed by atoms with van der Waals surface area (Å²) in [5.74, 6) is -1.99. The maximum atomic E-state index is 13.1. The van der Waals surface area contributed by atoms with Crippen LogP contribution in [-0.2, 0) is 10.0 Å². The van der Waals surface area contributed by atoms with Crippen molar-refractivity contribution in [3.05, 3.63) is 48.0 Å². The number of ether oxygens (including phenoxy) is 1. The fraction of sp³-hybridized carbons (Fsp3) is 0.0769. The fourth-order valence-corrected chi connectivity index (χ4v) is 2.69. The molecule has 21 heavy (non-hydrogen) atoms. The number of nitrogens with one attached hydrogen (secondary N) is 1. The standard InChI is InChI=1S/C13H12F2N2O3S/c1-20-8-2-5-12(16)13(6-8)17-21(18,19)9-3-4-10(14)11(15)7-9/h2-7,17H,16H2,1H3. The molecule has 0 spiro atoms. The highest BCUT2D eigenvalue weighted by Crippen LogP contribution is 2.27. The van der Waals surface area contributed by atoms with Crippen molar-refractivity contribution in [2.45, 2.75) is 4.90 Å². The number of nitrogen functional groups attached to an aromatic ring is 1. The van der Waals surface area contributed by atoms with Gasteiger partial charge in [0.05, 0.1) is 23.4 Å². The second-order valence-corrected chi connectivity index (χ2v) is 5.82. The minimum atomic E-state index is -4.09. The Bertz CT molecular complexity index is 779. The molecule has 0 fully saturated rings. The third-order valence-corrected chi connectivity index (χ3v) is 4.07. The second-order valence-electron chi connectivity index (χ2n) is 4.13. The normalized spacial score (nSPS) is 11.2. The third kappa shape index (κ3) is 3.22. The molecular weight excluding hydrogens is 302 g/mol. The number of anilines is 2. The molecule has 0 bridgehead atoms. The van der Waals surface area contributed by atoms with Crippen LogP contribution in [-0.4, -0.2) is 15.5 Å². The molecule has 2 aromatic rings. The Labute approximate surface area is 120 Å². The molecule has 0 aliphatic carbocycles. The van der Waals surface area contributed by atoms with Crippen molar-refractivity contribution in [3.8, 4) is 5.75 Å². The van der Waals surface area contributed by atoms with Crippen molar-refractivity contribution >= 4 is 21.4 Å². The van der Waals surface area contributed by atoms with Gasteiger partial charge in [-0.1, -0.05) is 0 Å². The van der Waals surface area contributed by atoms with Gasteiger partial charge < -0.3 is 10.5 Å². The number of hydrogen-bond acceptors (Lipinski definition) is 4. The van der Waals surface area contributed by atoms with Gasteiger partial charge in [0.15, 0.2) is 11.6 Å². The van der Waals surface area contributed by atoms with Gasteiger partial charge in [0, 0.05) is 6.07 Å². The minimum Gasteiger partial charge on any atom is -0.497 e. The van der Waals surface area contributed by atoms with Crippen molar-refractivity contribution in [3.63, 3.8) is 0 Å². The van der Waals surface area contributed by atoms with Crippen LogP contribution in [0.3, 0.4) is 0 Å². The Kier molecular flexibility index (Phi) is 3.99. The average molecular weight is 314 g/mol. The zero-order valence-electron chi connectivity index (χ0n) is 10.9. The lowest BCUT2D eigenvalue weighted by atomic mass is 10.2. The quantitative estimate of drug-likeness (QED) is 0.849. The topological polar surface area (TPSA) is 81.4 Å². The molecule has 5 nitrogen and oxygen atoms in total. The highest BCUT2D eigenvalue weighted by atomic mass is 32.2. The molecule has 0 heterocycles. The molecule has 0 saturated carbocycles. The molecule has 0 radical (unpaired) electrons. The van der Waals surface area contributed by atoms with Crippen molar-refractivity contribution in [1.82, 2.24) is 0 Å². The summed E-state index contributed by atoms with van der Waals surface area (Å²) >= 11 is 0. The summed E-state index contributed by atoms with van der Waals surface area (Å²) in [6, 6.07) is 6.68. The Balaban J connectivity index is 2.39. The molecule has 0 unspecified atom stereocenters. The summed E-state index contributed by atoms with van der Waals surface area (Å²) in [6.45, 7) is 0. The summed E-state index contributed by atoms with van der Waals surface area (Å²) in [6.07, 6.45) is 0. The number of methoxy groups -OCH3 is 1. The van der Waals surface area contributed by atoms with E-state index in [0.29, 0.717) is 11.8 Å². The molecule has 112 valence electrons. The van der Waals surface area contributed by atoms with Crippen LogP contribution in [0.1, 0.15) is 0 Å². The fourth-order valence-electron chi connectivity index (χ4n) is 1.60. The van der Waals surface area contributed by atoms with Crippen LogP contribution in [0.2, 0.25) is 0 Å². The highest BCUT2D eigenvalue weighted by Gasteiger charge is 2.18. The van der Waals surface area contributed by atoms with E-state index in [0.717, 1.165) is 12.1 Å². The van der Waals surface area contributed by atoms with Crippen molar-refractivity contribution in [1.29, 1.82) is 0 Å². The summed E-state index contributed by atoms with van der Waals surface area (Å²) in [5.41, 5.74) is 5.92. The maximum absolute atomic E-state index is 13.1. The highest BCUT2D eigenvalue weighted by molar-refractivity contribution is 7.92. The number of sulfonamides is 1. The molecule has 0 aliphatic rings. The first-order chi connectivity index (χ1) is 9.83. The first kappa shape index (κ1) is 15.0.